The average Bonchev–Trinajstić information content (AvgIpc) is 3.35. The fourth-order valence-electron chi connectivity index (χ4n) is 3.28. The van der Waals surface area contributed by atoms with Gasteiger partial charge in [-0.1, -0.05) is 6.92 Å². The van der Waals surface area contributed by atoms with Crippen LogP contribution >= 0.6 is 22.7 Å². The van der Waals surface area contributed by atoms with E-state index in [4.69, 9.17) is 4.99 Å². The van der Waals surface area contributed by atoms with Gasteiger partial charge in [-0.3, -0.25) is 9.89 Å². The molecule has 1 aliphatic rings. The number of guanidine groups is 1. The van der Waals surface area contributed by atoms with Gasteiger partial charge in [0, 0.05) is 44.7 Å². The Kier molecular flexibility index (Phi) is 7.53. The van der Waals surface area contributed by atoms with Crippen molar-refractivity contribution in [3.63, 3.8) is 0 Å². The van der Waals surface area contributed by atoms with Gasteiger partial charge in [0.05, 0.1) is 0 Å². The van der Waals surface area contributed by atoms with Gasteiger partial charge in [-0.2, -0.15) is 22.7 Å². The third-order valence-electron chi connectivity index (χ3n) is 4.89. The molecular weight excluding hydrogens is 360 g/mol. The molecule has 0 saturated carbocycles. The Morgan fingerprint density at radius 3 is 2.65 bits per heavy atom. The van der Waals surface area contributed by atoms with Crippen molar-refractivity contribution in [1.82, 2.24) is 15.5 Å². The second-order valence-corrected chi connectivity index (χ2v) is 8.56. The Morgan fingerprint density at radius 2 is 2.00 bits per heavy atom. The number of likely N-dealkylation sites (tertiary alicyclic amines) is 1. The highest BCUT2D eigenvalue weighted by molar-refractivity contribution is 7.08. The molecule has 1 unspecified atom stereocenters. The summed E-state index contributed by atoms with van der Waals surface area (Å²) in [6, 6.07) is 4.96. The molecule has 1 aliphatic heterocycles. The topological polar surface area (TPSA) is 39.7 Å². The van der Waals surface area contributed by atoms with Crippen LogP contribution in [0.25, 0.3) is 0 Å². The first-order valence-electron chi connectivity index (χ1n) is 9.55. The molecule has 0 spiro atoms. The van der Waals surface area contributed by atoms with E-state index in [0.29, 0.717) is 12.0 Å². The summed E-state index contributed by atoms with van der Waals surface area (Å²) in [6.45, 7) is 9.48. The number of nitrogens with zero attached hydrogens (tertiary/aromatic N) is 2. The summed E-state index contributed by atoms with van der Waals surface area (Å²) < 4.78 is 0. The first-order chi connectivity index (χ1) is 12.7. The normalized spacial score (nSPS) is 18.0. The average molecular weight is 391 g/mol. The highest BCUT2D eigenvalue weighted by atomic mass is 32.1. The summed E-state index contributed by atoms with van der Waals surface area (Å²) in [5, 5.41) is 15.9. The van der Waals surface area contributed by atoms with Gasteiger partial charge in [0.1, 0.15) is 0 Å². The summed E-state index contributed by atoms with van der Waals surface area (Å²) in [5.74, 6) is 1.43. The van der Waals surface area contributed by atoms with E-state index in [1.807, 2.05) is 0 Å². The maximum Gasteiger partial charge on any atom is 0.191 e. The molecule has 0 radical (unpaired) electrons. The molecule has 2 aromatic rings. The lowest BCUT2D eigenvalue weighted by atomic mass is 10.0. The van der Waals surface area contributed by atoms with Gasteiger partial charge < -0.3 is 10.6 Å². The van der Waals surface area contributed by atoms with Gasteiger partial charge in [-0.05, 0) is 64.5 Å². The van der Waals surface area contributed by atoms with Gasteiger partial charge in [0.25, 0.3) is 0 Å². The number of rotatable bonds is 7. The SMILES string of the molecule is CCNC(=NCC(C)c1ccsc1)NC1CCN(Cc2ccsc2)CC1. The zero-order valence-corrected chi connectivity index (χ0v) is 17.4. The molecule has 142 valence electrons. The summed E-state index contributed by atoms with van der Waals surface area (Å²) in [6.07, 6.45) is 2.35. The number of nitrogens with one attached hydrogen (secondary N) is 2. The van der Waals surface area contributed by atoms with Crippen molar-refractivity contribution >= 4 is 28.6 Å². The molecule has 26 heavy (non-hydrogen) atoms. The van der Waals surface area contributed by atoms with Crippen molar-refractivity contribution in [2.75, 3.05) is 26.2 Å². The smallest absolute Gasteiger partial charge is 0.191 e. The van der Waals surface area contributed by atoms with Crippen molar-refractivity contribution in [3.8, 4) is 0 Å². The van der Waals surface area contributed by atoms with Crippen molar-refractivity contribution < 1.29 is 0 Å². The largest absolute Gasteiger partial charge is 0.357 e. The van der Waals surface area contributed by atoms with E-state index >= 15 is 0 Å². The molecule has 0 aliphatic carbocycles. The quantitative estimate of drug-likeness (QED) is 0.551. The molecule has 6 heteroatoms. The van der Waals surface area contributed by atoms with Crippen molar-refractivity contribution in [2.24, 2.45) is 4.99 Å². The van der Waals surface area contributed by atoms with Crippen molar-refractivity contribution in [2.45, 2.75) is 45.2 Å². The molecule has 3 rings (SSSR count). The summed E-state index contributed by atoms with van der Waals surface area (Å²) in [4.78, 5) is 7.39. The van der Waals surface area contributed by atoms with Crippen LogP contribution in [-0.4, -0.2) is 43.1 Å². The third kappa shape index (κ3) is 5.83. The molecule has 1 atom stereocenters. The van der Waals surface area contributed by atoms with E-state index in [2.05, 4.69) is 63.0 Å². The van der Waals surface area contributed by atoms with E-state index in [1.165, 1.54) is 24.0 Å². The minimum absolute atomic E-state index is 0.462. The highest BCUT2D eigenvalue weighted by Crippen LogP contribution is 2.18. The maximum absolute atomic E-state index is 4.83. The molecule has 1 fully saturated rings. The van der Waals surface area contributed by atoms with E-state index in [-0.39, 0.29) is 0 Å². The van der Waals surface area contributed by atoms with Crippen molar-refractivity contribution in [3.05, 3.63) is 44.8 Å². The van der Waals surface area contributed by atoms with Crippen LogP contribution in [-0.2, 0) is 6.54 Å². The van der Waals surface area contributed by atoms with Gasteiger partial charge in [0.15, 0.2) is 5.96 Å². The predicted molar refractivity (Wildman–Crippen MR) is 114 cm³/mol. The van der Waals surface area contributed by atoms with E-state index in [9.17, 15) is 0 Å². The molecule has 0 amide bonds. The van der Waals surface area contributed by atoms with Crippen molar-refractivity contribution in [1.29, 1.82) is 0 Å². The first kappa shape index (κ1) is 19.4. The van der Waals surface area contributed by atoms with E-state index in [1.54, 1.807) is 22.7 Å². The second-order valence-electron chi connectivity index (χ2n) is 7.00. The zero-order valence-electron chi connectivity index (χ0n) is 15.8. The van der Waals surface area contributed by atoms with Crippen LogP contribution in [0, 0.1) is 0 Å². The van der Waals surface area contributed by atoms with Gasteiger partial charge in [0.2, 0.25) is 0 Å². The van der Waals surface area contributed by atoms with Crippen LogP contribution in [0.3, 0.4) is 0 Å². The fraction of sp³-hybridized carbons (Fsp3) is 0.550. The van der Waals surface area contributed by atoms with E-state index in [0.717, 1.165) is 38.7 Å². The van der Waals surface area contributed by atoms with Crippen LogP contribution in [0.1, 0.15) is 43.7 Å². The first-order valence-corrected chi connectivity index (χ1v) is 11.4. The summed E-state index contributed by atoms with van der Waals surface area (Å²) in [5.41, 5.74) is 2.83. The zero-order chi connectivity index (χ0) is 18.2. The number of hydrogen-bond donors (Lipinski definition) is 2. The standard InChI is InChI=1S/C20H30N4S2/c1-3-21-20(22-12-16(2)18-7-11-26-15-18)23-19-4-8-24(9-5-19)13-17-6-10-25-14-17/h6-7,10-11,14-16,19H,3-5,8-9,12-13H2,1-2H3,(H2,21,22,23). The Balaban J connectivity index is 1.46. The lowest BCUT2D eigenvalue weighted by Gasteiger charge is -2.33. The van der Waals surface area contributed by atoms with Crippen LogP contribution in [0.15, 0.2) is 38.6 Å². The minimum Gasteiger partial charge on any atom is -0.357 e. The number of aliphatic imine (C=N–C) groups is 1. The Morgan fingerprint density at radius 1 is 1.23 bits per heavy atom. The van der Waals surface area contributed by atoms with E-state index < -0.39 is 0 Å². The molecule has 3 heterocycles. The molecular formula is C20H30N4S2. The van der Waals surface area contributed by atoms with Gasteiger partial charge in [-0.15, -0.1) is 0 Å². The summed E-state index contributed by atoms with van der Waals surface area (Å²) in [7, 11) is 0. The fourth-order valence-corrected chi connectivity index (χ4v) is 4.72. The van der Waals surface area contributed by atoms with Crippen LogP contribution in [0.2, 0.25) is 0 Å². The number of piperidine rings is 1. The van der Waals surface area contributed by atoms with Crippen LogP contribution < -0.4 is 10.6 Å². The molecule has 1 saturated heterocycles. The predicted octanol–water partition coefficient (Wildman–Crippen LogP) is 4.13. The van der Waals surface area contributed by atoms with Crippen LogP contribution in [0.4, 0.5) is 0 Å². The second kappa shape index (κ2) is 10.1. The van der Waals surface area contributed by atoms with Crippen LogP contribution in [0.5, 0.6) is 0 Å². The van der Waals surface area contributed by atoms with Gasteiger partial charge in [-0.25, -0.2) is 0 Å². The molecule has 2 N–H and O–H groups in total. The Labute approximate surface area is 165 Å². The Bertz CT molecular complexity index is 643. The molecule has 0 bridgehead atoms. The maximum atomic E-state index is 4.83. The minimum atomic E-state index is 0.462. The lowest BCUT2D eigenvalue weighted by molar-refractivity contribution is 0.198. The van der Waals surface area contributed by atoms with Gasteiger partial charge >= 0.3 is 0 Å². The monoisotopic (exact) mass is 390 g/mol. The number of hydrogen-bond acceptors (Lipinski definition) is 4. The summed E-state index contributed by atoms with van der Waals surface area (Å²) >= 11 is 3.55. The molecule has 2 aromatic heterocycles. The Hall–Kier alpha value is -1.37. The third-order valence-corrected chi connectivity index (χ3v) is 6.33. The number of thiophene rings is 2. The molecule has 4 nitrogen and oxygen atoms in total. The molecule has 0 aromatic carbocycles. The lowest BCUT2D eigenvalue weighted by Crippen LogP contribution is -2.48. The highest BCUT2D eigenvalue weighted by Gasteiger charge is 2.20.